The molecule has 0 aliphatic heterocycles. The summed E-state index contributed by atoms with van der Waals surface area (Å²) in [7, 11) is 2.01. The lowest BCUT2D eigenvalue weighted by Gasteiger charge is -2.29. The summed E-state index contributed by atoms with van der Waals surface area (Å²) >= 11 is 1.86. The predicted octanol–water partition coefficient (Wildman–Crippen LogP) is 4.22. The average Bonchev–Trinajstić information content (AvgIpc) is 3.09. The summed E-state index contributed by atoms with van der Waals surface area (Å²) < 4.78 is 0. The molecule has 1 N–H and O–H groups in total. The van der Waals surface area contributed by atoms with Crippen LogP contribution < -0.4 is 10.2 Å². The SMILES string of the molecule is CNC(C)c1cnc(N(CCC(C)C)C2CCCC2)s1. The van der Waals surface area contributed by atoms with E-state index < -0.39 is 0 Å². The lowest BCUT2D eigenvalue weighted by molar-refractivity contribution is 0.528. The quantitative estimate of drug-likeness (QED) is 0.816. The Bertz CT molecular complexity index is 396. The van der Waals surface area contributed by atoms with E-state index in [2.05, 4.69) is 37.2 Å². The van der Waals surface area contributed by atoms with Crippen molar-refractivity contribution < 1.29 is 0 Å². The van der Waals surface area contributed by atoms with Crippen LogP contribution in [0.2, 0.25) is 0 Å². The first kappa shape index (κ1) is 15.8. The minimum absolute atomic E-state index is 0.400. The molecule has 1 atom stereocenters. The predicted molar refractivity (Wildman–Crippen MR) is 88.6 cm³/mol. The van der Waals surface area contributed by atoms with E-state index in [0.717, 1.165) is 18.5 Å². The molecule has 0 saturated heterocycles. The molecule has 1 unspecified atom stereocenters. The van der Waals surface area contributed by atoms with E-state index in [-0.39, 0.29) is 0 Å². The molecule has 2 rings (SSSR count). The summed E-state index contributed by atoms with van der Waals surface area (Å²) in [4.78, 5) is 8.64. The van der Waals surface area contributed by atoms with E-state index in [0.29, 0.717) is 6.04 Å². The molecule has 1 aliphatic rings. The van der Waals surface area contributed by atoms with Crippen LogP contribution in [0.4, 0.5) is 5.13 Å². The zero-order chi connectivity index (χ0) is 14.5. The standard InChI is InChI=1S/C16H29N3S/c1-12(2)9-10-19(14-7-5-6-8-14)16-18-11-15(20-16)13(3)17-4/h11-14,17H,5-10H2,1-4H3. The number of nitrogens with zero attached hydrogens (tertiary/aromatic N) is 2. The second kappa shape index (κ2) is 7.41. The number of hydrogen-bond donors (Lipinski definition) is 1. The summed E-state index contributed by atoms with van der Waals surface area (Å²) in [6.07, 6.45) is 8.76. The van der Waals surface area contributed by atoms with Gasteiger partial charge in [0.1, 0.15) is 0 Å². The maximum Gasteiger partial charge on any atom is 0.185 e. The number of hydrogen-bond acceptors (Lipinski definition) is 4. The van der Waals surface area contributed by atoms with E-state index in [9.17, 15) is 0 Å². The summed E-state index contributed by atoms with van der Waals surface area (Å²) in [5.74, 6) is 0.759. The van der Waals surface area contributed by atoms with Gasteiger partial charge in [0.25, 0.3) is 0 Å². The molecule has 3 nitrogen and oxygen atoms in total. The van der Waals surface area contributed by atoms with Crippen LogP contribution in [-0.4, -0.2) is 24.6 Å². The van der Waals surface area contributed by atoms with Crippen LogP contribution in [0.25, 0.3) is 0 Å². The maximum absolute atomic E-state index is 4.71. The molecule has 0 aromatic carbocycles. The molecule has 0 radical (unpaired) electrons. The Hall–Kier alpha value is -0.610. The third-order valence-corrected chi connectivity index (χ3v) is 5.55. The summed E-state index contributed by atoms with van der Waals surface area (Å²) in [5, 5.41) is 4.54. The Morgan fingerprint density at radius 1 is 1.35 bits per heavy atom. The second-order valence-electron chi connectivity index (χ2n) is 6.37. The number of aromatic nitrogens is 1. The molecular weight excluding hydrogens is 266 g/mol. The first-order valence-electron chi connectivity index (χ1n) is 8.01. The van der Waals surface area contributed by atoms with E-state index in [1.165, 1.54) is 42.1 Å². The van der Waals surface area contributed by atoms with Crippen LogP contribution in [0.3, 0.4) is 0 Å². The molecule has 1 aromatic heterocycles. The zero-order valence-corrected chi connectivity index (χ0v) is 14.2. The minimum Gasteiger partial charge on any atom is -0.345 e. The van der Waals surface area contributed by atoms with Gasteiger partial charge in [-0.3, -0.25) is 0 Å². The zero-order valence-electron chi connectivity index (χ0n) is 13.4. The van der Waals surface area contributed by atoms with Crippen molar-refractivity contribution in [1.82, 2.24) is 10.3 Å². The van der Waals surface area contributed by atoms with Crippen LogP contribution in [0.5, 0.6) is 0 Å². The van der Waals surface area contributed by atoms with Crippen LogP contribution in [0.1, 0.15) is 63.8 Å². The monoisotopic (exact) mass is 295 g/mol. The van der Waals surface area contributed by atoms with Gasteiger partial charge in [0.15, 0.2) is 5.13 Å². The third-order valence-electron chi connectivity index (χ3n) is 4.33. The van der Waals surface area contributed by atoms with Crippen molar-refractivity contribution in [3.8, 4) is 0 Å². The molecule has 0 spiro atoms. The van der Waals surface area contributed by atoms with Gasteiger partial charge in [0.2, 0.25) is 0 Å². The van der Waals surface area contributed by atoms with Crippen molar-refractivity contribution in [3.05, 3.63) is 11.1 Å². The topological polar surface area (TPSA) is 28.2 Å². The van der Waals surface area contributed by atoms with Crippen molar-refractivity contribution in [2.45, 2.75) is 65.0 Å². The Morgan fingerprint density at radius 2 is 2.05 bits per heavy atom. The molecule has 1 aliphatic carbocycles. The second-order valence-corrected chi connectivity index (χ2v) is 7.41. The molecule has 1 heterocycles. The summed E-state index contributed by atoms with van der Waals surface area (Å²) in [6, 6.07) is 1.12. The lowest BCUT2D eigenvalue weighted by Crippen LogP contribution is -2.34. The van der Waals surface area contributed by atoms with Crippen molar-refractivity contribution >= 4 is 16.5 Å². The number of thiazole rings is 1. The van der Waals surface area contributed by atoms with Crippen molar-refractivity contribution in [2.75, 3.05) is 18.5 Å². The molecule has 0 bridgehead atoms. The highest BCUT2D eigenvalue weighted by atomic mass is 32.1. The van der Waals surface area contributed by atoms with Crippen molar-refractivity contribution in [3.63, 3.8) is 0 Å². The molecule has 114 valence electrons. The van der Waals surface area contributed by atoms with Crippen LogP contribution in [0.15, 0.2) is 6.20 Å². The first-order chi connectivity index (χ1) is 9.61. The van der Waals surface area contributed by atoms with Gasteiger partial charge in [-0.05, 0) is 39.2 Å². The smallest absolute Gasteiger partial charge is 0.185 e. The summed E-state index contributed by atoms with van der Waals surface area (Å²) in [6.45, 7) is 7.97. The molecule has 1 saturated carbocycles. The van der Waals surface area contributed by atoms with E-state index in [1.54, 1.807) is 0 Å². The highest BCUT2D eigenvalue weighted by molar-refractivity contribution is 7.15. The van der Waals surface area contributed by atoms with Gasteiger partial charge < -0.3 is 10.2 Å². The van der Waals surface area contributed by atoms with Gasteiger partial charge in [-0.25, -0.2) is 4.98 Å². The fraction of sp³-hybridized carbons (Fsp3) is 0.812. The van der Waals surface area contributed by atoms with Crippen LogP contribution in [-0.2, 0) is 0 Å². The Kier molecular flexibility index (Phi) is 5.85. The Balaban J connectivity index is 2.10. The largest absolute Gasteiger partial charge is 0.345 e. The molecular formula is C16H29N3S. The normalized spacial score (nSPS) is 17.9. The number of rotatable bonds is 7. The molecule has 20 heavy (non-hydrogen) atoms. The molecule has 1 aromatic rings. The molecule has 1 fully saturated rings. The van der Waals surface area contributed by atoms with E-state index in [4.69, 9.17) is 4.98 Å². The van der Waals surface area contributed by atoms with Gasteiger partial charge in [0, 0.05) is 29.7 Å². The first-order valence-corrected chi connectivity index (χ1v) is 8.83. The Labute approximate surface area is 127 Å². The van der Waals surface area contributed by atoms with Gasteiger partial charge in [0.05, 0.1) is 0 Å². The maximum atomic E-state index is 4.71. The fourth-order valence-electron chi connectivity index (χ4n) is 2.80. The number of nitrogens with one attached hydrogen (secondary N) is 1. The van der Waals surface area contributed by atoms with Gasteiger partial charge in [-0.1, -0.05) is 26.7 Å². The minimum atomic E-state index is 0.400. The van der Waals surface area contributed by atoms with Gasteiger partial charge in [-0.2, -0.15) is 0 Å². The molecule has 4 heteroatoms. The third kappa shape index (κ3) is 3.95. The van der Waals surface area contributed by atoms with Crippen molar-refractivity contribution in [2.24, 2.45) is 5.92 Å². The van der Waals surface area contributed by atoms with Crippen LogP contribution in [0, 0.1) is 5.92 Å². The fourth-order valence-corrected chi connectivity index (χ4v) is 3.87. The van der Waals surface area contributed by atoms with E-state index in [1.807, 2.05) is 18.4 Å². The lowest BCUT2D eigenvalue weighted by atomic mass is 10.1. The van der Waals surface area contributed by atoms with Crippen molar-refractivity contribution in [1.29, 1.82) is 0 Å². The van der Waals surface area contributed by atoms with Gasteiger partial charge >= 0.3 is 0 Å². The number of anilines is 1. The average molecular weight is 295 g/mol. The summed E-state index contributed by atoms with van der Waals surface area (Å²) in [5.41, 5.74) is 0. The van der Waals surface area contributed by atoms with E-state index >= 15 is 0 Å². The van der Waals surface area contributed by atoms with Gasteiger partial charge in [-0.15, -0.1) is 11.3 Å². The molecule has 0 amide bonds. The highest BCUT2D eigenvalue weighted by Crippen LogP contribution is 2.33. The van der Waals surface area contributed by atoms with Crippen LogP contribution >= 0.6 is 11.3 Å². The Morgan fingerprint density at radius 3 is 2.65 bits per heavy atom. The highest BCUT2D eigenvalue weighted by Gasteiger charge is 2.25.